The van der Waals surface area contributed by atoms with Crippen LogP contribution in [0.3, 0.4) is 0 Å². The van der Waals surface area contributed by atoms with E-state index in [4.69, 9.17) is 10.3 Å². The van der Waals surface area contributed by atoms with Crippen molar-refractivity contribution in [1.29, 1.82) is 0 Å². The van der Waals surface area contributed by atoms with Crippen molar-refractivity contribution in [3.05, 3.63) is 10.4 Å². The van der Waals surface area contributed by atoms with Crippen molar-refractivity contribution >= 4 is 5.97 Å². The number of nitrogens with zero attached hydrogens (tertiary/aromatic N) is 3. The van der Waals surface area contributed by atoms with Crippen LogP contribution in [0.4, 0.5) is 0 Å². The molecule has 19 heavy (non-hydrogen) atoms. The first-order valence-electron chi connectivity index (χ1n) is 6.69. The normalized spacial score (nSPS) is 29.4. The summed E-state index contributed by atoms with van der Waals surface area (Å²) >= 11 is 0. The fourth-order valence-electron chi connectivity index (χ4n) is 3.52. The highest BCUT2D eigenvalue weighted by atomic mass is 16.5. The van der Waals surface area contributed by atoms with E-state index in [1.54, 1.807) is 0 Å². The van der Waals surface area contributed by atoms with E-state index in [1.807, 2.05) is 0 Å². The molecule has 0 heterocycles. The molecule has 108 valence electrons. The fraction of sp³-hybridized carbons (Fsp3) is 0.923. The zero-order valence-corrected chi connectivity index (χ0v) is 12.3. The first kappa shape index (κ1) is 15.8. The molecule has 0 aliphatic heterocycles. The number of esters is 1. The Kier molecular flexibility index (Phi) is 5.20. The fourth-order valence-corrected chi connectivity index (χ4v) is 3.52. The molecule has 1 saturated carbocycles. The molecule has 0 amide bonds. The number of carbonyl (C=O) groups excluding carboxylic acids is 1. The molecule has 2 atom stereocenters. The van der Waals surface area contributed by atoms with Gasteiger partial charge in [-0.3, -0.25) is 4.79 Å². The smallest absolute Gasteiger partial charge is 0.326 e. The van der Waals surface area contributed by atoms with E-state index >= 15 is 0 Å². The second kappa shape index (κ2) is 6.26. The van der Waals surface area contributed by atoms with Crippen LogP contribution >= 0.6 is 0 Å². The van der Waals surface area contributed by atoms with Crippen LogP contribution in [-0.2, 0) is 9.53 Å². The van der Waals surface area contributed by atoms with Gasteiger partial charge in [-0.25, -0.2) is 0 Å². The van der Waals surface area contributed by atoms with E-state index in [1.165, 1.54) is 7.11 Å². The maximum absolute atomic E-state index is 12.2. The maximum atomic E-state index is 12.2. The Morgan fingerprint density at radius 2 is 2.21 bits per heavy atom. The van der Waals surface area contributed by atoms with Crippen LogP contribution in [0.25, 0.3) is 10.4 Å². The Labute approximate surface area is 114 Å². The van der Waals surface area contributed by atoms with Crippen molar-refractivity contribution in [3.8, 4) is 0 Å². The number of hydrogen-bond donors (Lipinski definition) is 1. The molecule has 1 N–H and O–H groups in total. The van der Waals surface area contributed by atoms with Gasteiger partial charge in [-0.2, -0.15) is 0 Å². The summed E-state index contributed by atoms with van der Waals surface area (Å²) in [5, 5.41) is 6.76. The summed E-state index contributed by atoms with van der Waals surface area (Å²) in [5.41, 5.74) is 7.73. The highest BCUT2D eigenvalue weighted by Gasteiger charge is 2.48. The third-order valence-electron chi connectivity index (χ3n) is 3.69. The lowest BCUT2D eigenvalue weighted by atomic mass is 9.64. The Morgan fingerprint density at radius 3 is 2.74 bits per heavy atom. The minimum atomic E-state index is -0.652. The molecule has 0 aromatic carbocycles. The highest BCUT2D eigenvalue weighted by Crippen LogP contribution is 2.44. The van der Waals surface area contributed by atoms with Gasteiger partial charge in [0.05, 0.1) is 7.11 Å². The molecule has 0 saturated heterocycles. The summed E-state index contributed by atoms with van der Waals surface area (Å²) in [4.78, 5) is 14.9. The van der Waals surface area contributed by atoms with E-state index in [-0.39, 0.29) is 11.4 Å². The van der Waals surface area contributed by atoms with Gasteiger partial charge in [0.25, 0.3) is 0 Å². The van der Waals surface area contributed by atoms with Crippen LogP contribution < -0.4 is 5.32 Å². The summed E-state index contributed by atoms with van der Waals surface area (Å²) in [6.45, 7) is 7.34. The molecule has 0 bridgehead atoms. The van der Waals surface area contributed by atoms with Gasteiger partial charge in [-0.15, -0.1) is 0 Å². The van der Waals surface area contributed by atoms with Crippen molar-refractivity contribution < 1.29 is 9.53 Å². The summed E-state index contributed by atoms with van der Waals surface area (Å²) in [6, 6.07) is 0. The Hall–Kier alpha value is -1.26. The van der Waals surface area contributed by atoms with Gasteiger partial charge in [0.15, 0.2) is 0 Å². The number of carbonyl (C=O) groups is 1. The van der Waals surface area contributed by atoms with Crippen LogP contribution in [0.1, 0.15) is 40.0 Å². The summed E-state index contributed by atoms with van der Waals surface area (Å²) in [5.74, 6) is 0.239. The van der Waals surface area contributed by atoms with Gasteiger partial charge < -0.3 is 10.1 Å². The second-order valence-corrected chi connectivity index (χ2v) is 6.31. The van der Waals surface area contributed by atoms with E-state index in [0.717, 1.165) is 19.3 Å². The molecule has 1 aliphatic rings. The predicted octanol–water partition coefficient (Wildman–Crippen LogP) is 2.64. The lowest BCUT2D eigenvalue weighted by molar-refractivity contribution is -0.153. The van der Waals surface area contributed by atoms with E-state index in [0.29, 0.717) is 19.0 Å². The maximum Gasteiger partial charge on any atom is 0.326 e. The second-order valence-electron chi connectivity index (χ2n) is 6.31. The Morgan fingerprint density at radius 1 is 1.53 bits per heavy atom. The van der Waals surface area contributed by atoms with Gasteiger partial charge in [0.2, 0.25) is 0 Å². The zero-order chi connectivity index (χ0) is 14.5. The monoisotopic (exact) mass is 268 g/mol. The molecular formula is C13H24N4O2. The van der Waals surface area contributed by atoms with Crippen molar-refractivity contribution in [3.63, 3.8) is 0 Å². The molecule has 0 spiro atoms. The molecule has 1 rings (SSSR count). The van der Waals surface area contributed by atoms with Gasteiger partial charge in [-0.05, 0) is 36.1 Å². The lowest BCUT2D eigenvalue weighted by Crippen LogP contribution is -2.59. The number of hydrogen-bond acceptors (Lipinski definition) is 4. The Balaban J connectivity index is 2.85. The summed E-state index contributed by atoms with van der Waals surface area (Å²) in [7, 11) is 1.42. The topological polar surface area (TPSA) is 87.1 Å². The van der Waals surface area contributed by atoms with E-state index in [9.17, 15) is 4.79 Å². The van der Waals surface area contributed by atoms with Crippen LogP contribution in [0.2, 0.25) is 0 Å². The van der Waals surface area contributed by atoms with Gasteiger partial charge >= 0.3 is 5.97 Å². The molecule has 0 radical (unpaired) electrons. The minimum absolute atomic E-state index is 0.0946. The molecule has 6 nitrogen and oxygen atoms in total. The standard InChI is InChI=1S/C13H24N4O2/c1-10-7-12(2,3)9-13(8-10,11(18)19-4)15-5-6-16-17-14/h10,15H,5-9H2,1-4H3. The molecule has 6 heteroatoms. The zero-order valence-electron chi connectivity index (χ0n) is 12.3. The Bertz CT molecular complexity index is 377. The molecule has 1 aliphatic carbocycles. The third-order valence-corrected chi connectivity index (χ3v) is 3.69. The number of azide groups is 1. The van der Waals surface area contributed by atoms with Crippen LogP contribution in [0, 0.1) is 11.3 Å². The van der Waals surface area contributed by atoms with Gasteiger partial charge in [0.1, 0.15) is 5.54 Å². The number of rotatable bonds is 5. The molecule has 2 unspecified atom stereocenters. The lowest BCUT2D eigenvalue weighted by Gasteiger charge is -2.46. The van der Waals surface area contributed by atoms with Crippen molar-refractivity contribution in [2.75, 3.05) is 20.2 Å². The van der Waals surface area contributed by atoms with E-state index < -0.39 is 5.54 Å². The van der Waals surface area contributed by atoms with Crippen LogP contribution in [0.15, 0.2) is 5.11 Å². The SMILES string of the molecule is COC(=O)C1(NCCN=[N+]=[N-])CC(C)CC(C)(C)C1. The van der Waals surface area contributed by atoms with Crippen molar-refractivity contribution in [2.24, 2.45) is 16.4 Å². The molecule has 0 aromatic heterocycles. The number of nitrogens with one attached hydrogen (secondary N) is 1. The largest absolute Gasteiger partial charge is 0.468 e. The van der Waals surface area contributed by atoms with Crippen molar-refractivity contribution in [2.45, 2.75) is 45.6 Å². The minimum Gasteiger partial charge on any atom is -0.468 e. The summed E-state index contributed by atoms with van der Waals surface area (Å²) < 4.78 is 4.99. The van der Waals surface area contributed by atoms with Crippen LogP contribution in [0.5, 0.6) is 0 Å². The predicted molar refractivity (Wildman–Crippen MR) is 73.6 cm³/mol. The van der Waals surface area contributed by atoms with Crippen LogP contribution in [-0.4, -0.2) is 31.7 Å². The first-order valence-corrected chi connectivity index (χ1v) is 6.69. The first-order chi connectivity index (χ1) is 8.85. The quantitative estimate of drug-likeness (QED) is 0.273. The van der Waals surface area contributed by atoms with E-state index in [2.05, 4.69) is 36.1 Å². The average Bonchev–Trinajstić information content (AvgIpc) is 2.31. The molecular weight excluding hydrogens is 244 g/mol. The molecule has 0 aromatic rings. The average molecular weight is 268 g/mol. The van der Waals surface area contributed by atoms with Crippen molar-refractivity contribution in [1.82, 2.24) is 5.32 Å². The number of ether oxygens (including phenoxy) is 1. The van der Waals surface area contributed by atoms with Gasteiger partial charge in [0, 0.05) is 18.0 Å². The third kappa shape index (κ3) is 4.11. The summed E-state index contributed by atoms with van der Waals surface area (Å²) in [6.07, 6.45) is 2.61. The number of methoxy groups -OCH3 is 1. The van der Waals surface area contributed by atoms with Gasteiger partial charge in [-0.1, -0.05) is 25.9 Å². The highest BCUT2D eigenvalue weighted by molar-refractivity contribution is 5.81. The molecule has 1 fully saturated rings.